The second-order valence-electron chi connectivity index (χ2n) is 10.4. The van der Waals surface area contributed by atoms with E-state index in [4.69, 9.17) is 27.9 Å². The molecule has 1 unspecified atom stereocenters. The number of nitrogens with one attached hydrogen (secondary N) is 2. The van der Waals surface area contributed by atoms with Gasteiger partial charge in [0.15, 0.2) is 0 Å². The number of halogens is 5. The van der Waals surface area contributed by atoms with E-state index in [1.54, 1.807) is 47.9 Å². The van der Waals surface area contributed by atoms with Gasteiger partial charge in [-0.1, -0.05) is 44.0 Å². The van der Waals surface area contributed by atoms with Gasteiger partial charge in [0.25, 0.3) is 5.91 Å². The maximum atomic E-state index is 13.2. The molecule has 0 bridgehead atoms. The number of likely N-dealkylation sites (tertiary alicyclic amines) is 1. The summed E-state index contributed by atoms with van der Waals surface area (Å²) in [5, 5.41) is 3.54. The van der Waals surface area contributed by atoms with Crippen LogP contribution < -0.4 is 15.5 Å². The zero-order chi connectivity index (χ0) is 29.0. The van der Waals surface area contributed by atoms with E-state index in [2.05, 4.69) is 10.2 Å². The van der Waals surface area contributed by atoms with Crippen molar-refractivity contribution in [2.45, 2.75) is 33.4 Å². The summed E-state index contributed by atoms with van der Waals surface area (Å²) in [6, 6.07) is 11.1. The van der Waals surface area contributed by atoms with Crippen LogP contribution in [-0.4, -0.2) is 48.5 Å². The fourth-order valence-electron chi connectivity index (χ4n) is 4.21. The average molecular weight is 590 g/mol. The van der Waals surface area contributed by atoms with Gasteiger partial charge in [-0.2, -0.15) is 18.7 Å². The normalized spacial score (nSPS) is 18.3. The first-order valence-corrected chi connectivity index (χ1v) is 12.7. The van der Waals surface area contributed by atoms with Crippen molar-refractivity contribution in [1.82, 2.24) is 10.4 Å². The van der Waals surface area contributed by atoms with E-state index in [0.717, 1.165) is 0 Å². The first kappa shape index (κ1) is 30.5. The molecule has 0 aliphatic carbocycles. The van der Waals surface area contributed by atoms with Crippen LogP contribution in [0.5, 0.6) is 11.5 Å². The van der Waals surface area contributed by atoms with E-state index in [-0.39, 0.29) is 18.4 Å². The minimum Gasteiger partial charge on any atom is -0.457 e. The van der Waals surface area contributed by atoms with Crippen molar-refractivity contribution in [3.05, 3.63) is 52.5 Å². The molecular formula is C26H28Cl2F3N3O5. The minimum atomic E-state index is -5.27. The molecular weight excluding hydrogens is 562 g/mol. The second kappa shape index (κ2) is 12.4. The van der Waals surface area contributed by atoms with E-state index in [0.29, 0.717) is 40.3 Å². The highest BCUT2D eigenvalue weighted by Crippen LogP contribution is 2.31. The number of anilines is 1. The van der Waals surface area contributed by atoms with Crippen molar-refractivity contribution in [2.24, 2.45) is 17.3 Å². The molecule has 1 aliphatic heterocycles. The van der Waals surface area contributed by atoms with Gasteiger partial charge in [-0.05, 0) is 60.8 Å². The number of carbonyl (C=O) groups excluding carboxylic acids is 3. The molecule has 1 fully saturated rings. The van der Waals surface area contributed by atoms with Crippen molar-refractivity contribution < 1.29 is 37.1 Å². The molecule has 2 aromatic rings. The molecule has 1 heterocycles. The van der Waals surface area contributed by atoms with Gasteiger partial charge in [-0.3, -0.25) is 9.59 Å². The fourth-order valence-corrected chi connectivity index (χ4v) is 4.71. The van der Waals surface area contributed by atoms with Gasteiger partial charge in [0, 0.05) is 28.8 Å². The Labute approximate surface area is 233 Å². The molecule has 3 rings (SSSR count). The number of rotatable bonds is 6. The number of piperidine rings is 1. The summed E-state index contributed by atoms with van der Waals surface area (Å²) in [6.45, 7) is 7.18. The van der Waals surface area contributed by atoms with Crippen molar-refractivity contribution >= 4 is 46.7 Å². The SMILES string of the molecule is CC(C)(C)CN1CCC(C(=O)Nc2ccc(Oc3cc(Cl)cc(Cl)c3)cc2)[C@@H](C(=O)NOC(=O)C(F)(F)F)C1. The number of benzene rings is 2. The fraction of sp³-hybridized carbons (Fsp3) is 0.423. The number of amides is 2. The third-order valence-electron chi connectivity index (χ3n) is 5.74. The molecule has 2 atom stereocenters. The number of hydrogen-bond acceptors (Lipinski definition) is 6. The summed E-state index contributed by atoms with van der Waals surface area (Å²) in [4.78, 5) is 42.9. The zero-order valence-corrected chi connectivity index (χ0v) is 22.9. The molecule has 1 saturated heterocycles. The highest BCUT2D eigenvalue weighted by molar-refractivity contribution is 6.34. The standard InChI is InChI=1S/C26H28Cl2F3N3O5/c1-25(2,3)14-34-9-8-20(21(13-34)23(36)33-39-24(37)26(29,30)31)22(35)32-17-4-6-18(7-5-17)38-19-11-15(27)10-16(28)12-19/h4-7,10-12,20-21H,8-9,13-14H2,1-3H3,(H,32,35)(H,33,36)/t20?,21-/m0/s1. The van der Waals surface area contributed by atoms with Gasteiger partial charge in [-0.15, -0.1) is 0 Å². The maximum Gasteiger partial charge on any atom is 0.493 e. The molecule has 1 aliphatic rings. The first-order valence-electron chi connectivity index (χ1n) is 12.0. The molecule has 0 saturated carbocycles. The van der Waals surface area contributed by atoms with Crippen LogP contribution in [-0.2, 0) is 19.2 Å². The van der Waals surface area contributed by atoms with Gasteiger partial charge in [0.05, 0.1) is 11.8 Å². The summed E-state index contributed by atoms with van der Waals surface area (Å²) in [7, 11) is 0. The molecule has 2 N–H and O–H groups in total. The Hall–Kier alpha value is -3.02. The Morgan fingerprint density at radius 3 is 2.13 bits per heavy atom. The summed E-state index contributed by atoms with van der Waals surface area (Å²) >= 11 is 12.0. The third kappa shape index (κ3) is 9.29. The van der Waals surface area contributed by atoms with Gasteiger partial charge in [0.2, 0.25) is 5.91 Å². The average Bonchev–Trinajstić information content (AvgIpc) is 2.81. The lowest BCUT2D eigenvalue weighted by atomic mass is 9.83. The number of carbonyl (C=O) groups is 3. The van der Waals surface area contributed by atoms with E-state index < -0.39 is 35.8 Å². The Morgan fingerprint density at radius 2 is 1.56 bits per heavy atom. The minimum absolute atomic E-state index is 0.0970. The van der Waals surface area contributed by atoms with Crippen molar-refractivity contribution in [1.29, 1.82) is 0 Å². The number of alkyl halides is 3. The molecule has 39 heavy (non-hydrogen) atoms. The topological polar surface area (TPSA) is 97.0 Å². The van der Waals surface area contributed by atoms with Crippen molar-refractivity contribution in [2.75, 3.05) is 25.0 Å². The zero-order valence-electron chi connectivity index (χ0n) is 21.4. The molecule has 2 amide bonds. The molecule has 212 valence electrons. The molecule has 2 aromatic carbocycles. The van der Waals surface area contributed by atoms with Gasteiger partial charge in [-0.25, -0.2) is 4.79 Å². The molecule has 0 spiro atoms. The van der Waals surface area contributed by atoms with Gasteiger partial charge in [0.1, 0.15) is 11.5 Å². The van der Waals surface area contributed by atoms with Crippen LogP contribution in [0.2, 0.25) is 10.0 Å². The monoisotopic (exact) mass is 589 g/mol. The highest BCUT2D eigenvalue weighted by atomic mass is 35.5. The lowest BCUT2D eigenvalue weighted by molar-refractivity contribution is -0.208. The van der Waals surface area contributed by atoms with Crippen LogP contribution in [0.3, 0.4) is 0 Å². The van der Waals surface area contributed by atoms with Crippen LogP contribution >= 0.6 is 23.2 Å². The Morgan fingerprint density at radius 1 is 0.949 bits per heavy atom. The van der Waals surface area contributed by atoms with Gasteiger partial charge >= 0.3 is 12.1 Å². The van der Waals surface area contributed by atoms with E-state index in [9.17, 15) is 27.6 Å². The second-order valence-corrected chi connectivity index (χ2v) is 11.2. The van der Waals surface area contributed by atoms with Crippen molar-refractivity contribution in [3.8, 4) is 11.5 Å². The Balaban J connectivity index is 1.69. The largest absolute Gasteiger partial charge is 0.493 e. The van der Waals surface area contributed by atoms with Crippen LogP contribution in [0.4, 0.5) is 18.9 Å². The van der Waals surface area contributed by atoms with Crippen LogP contribution in [0.25, 0.3) is 0 Å². The number of ether oxygens (including phenoxy) is 1. The third-order valence-corrected chi connectivity index (χ3v) is 6.17. The highest BCUT2D eigenvalue weighted by Gasteiger charge is 2.44. The van der Waals surface area contributed by atoms with E-state index in [1.807, 2.05) is 25.7 Å². The summed E-state index contributed by atoms with van der Waals surface area (Å²) < 4.78 is 43.2. The number of hydrogen-bond donors (Lipinski definition) is 2. The van der Waals surface area contributed by atoms with Crippen LogP contribution in [0.1, 0.15) is 27.2 Å². The molecule has 13 heteroatoms. The lowest BCUT2D eigenvalue weighted by Crippen LogP contribution is -2.52. The van der Waals surface area contributed by atoms with Crippen LogP contribution in [0.15, 0.2) is 42.5 Å². The van der Waals surface area contributed by atoms with E-state index in [1.165, 1.54) is 0 Å². The summed E-state index contributed by atoms with van der Waals surface area (Å²) in [5.74, 6) is -5.11. The predicted octanol–water partition coefficient (Wildman–Crippen LogP) is 5.85. The summed E-state index contributed by atoms with van der Waals surface area (Å²) in [5.41, 5.74) is 1.87. The summed E-state index contributed by atoms with van der Waals surface area (Å²) in [6.07, 6.45) is -5.01. The molecule has 0 aromatic heterocycles. The maximum absolute atomic E-state index is 13.2. The Kier molecular flexibility index (Phi) is 9.74. The predicted molar refractivity (Wildman–Crippen MR) is 139 cm³/mol. The number of hydroxylamine groups is 1. The van der Waals surface area contributed by atoms with E-state index >= 15 is 0 Å². The lowest BCUT2D eigenvalue weighted by Gasteiger charge is -2.39. The molecule has 0 radical (unpaired) electrons. The van der Waals surface area contributed by atoms with Crippen molar-refractivity contribution in [3.63, 3.8) is 0 Å². The number of nitrogens with zero attached hydrogens (tertiary/aromatic N) is 1. The van der Waals surface area contributed by atoms with Crippen LogP contribution in [0, 0.1) is 17.3 Å². The molecule has 8 nitrogen and oxygen atoms in total. The quantitative estimate of drug-likeness (QED) is 0.410. The Bertz CT molecular complexity index is 1180. The van der Waals surface area contributed by atoms with Gasteiger partial charge < -0.3 is 19.8 Å². The smallest absolute Gasteiger partial charge is 0.457 e. The first-order chi connectivity index (χ1) is 18.1.